The van der Waals surface area contributed by atoms with Crippen molar-refractivity contribution in [2.45, 2.75) is 44.3 Å². The van der Waals surface area contributed by atoms with Crippen molar-refractivity contribution >= 4 is 0 Å². The van der Waals surface area contributed by atoms with E-state index in [9.17, 15) is 10.2 Å². The van der Waals surface area contributed by atoms with Crippen LogP contribution < -0.4 is 0 Å². The van der Waals surface area contributed by atoms with E-state index in [4.69, 9.17) is 0 Å². The van der Waals surface area contributed by atoms with Gasteiger partial charge in [-0.05, 0) is 43.9 Å². The Morgan fingerprint density at radius 2 is 1.18 bits per heavy atom. The Labute approximate surface area is 67.2 Å². The molecule has 2 aliphatic carbocycles. The molecule has 0 aromatic carbocycles. The minimum atomic E-state index is -0.0706. The minimum absolute atomic E-state index is 0.0706. The van der Waals surface area contributed by atoms with Gasteiger partial charge in [0.05, 0.1) is 12.2 Å². The molecule has 0 radical (unpaired) electrons. The van der Waals surface area contributed by atoms with Crippen LogP contribution in [0.2, 0.25) is 0 Å². The molecule has 2 fully saturated rings. The van der Waals surface area contributed by atoms with Crippen LogP contribution in [0.4, 0.5) is 0 Å². The lowest BCUT2D eigenvalue weighted by molar-refractivity contribution is -0.0381. The summed E-state index contributed by atoms with van der Waals surface area (Å²) in [5, 5.41) is 19.1. The van der Waals surface area contributed by atoms with Crippen LogP contribution in [0.1, 0.15) is 32.1 Å². The number of hydrogen-bond donors (Lipinski definition) is 2. The number of aliphatic hydroxyl groups excluding tert-OH is 2. The van der Waals surface area contributed by atoms with Gasteiger partial charge < -0.3 is 10.2 Å². The maximum atomic E-state index is 9.53. The molecule has 0 saturated heterocycles. The summed E-state index contributed by atoms with van der Waals surface area (Å²) in [5.74, 6) is 0.995. The predicted molar refractivity (Wildman–Crippen MR) is 42.1 cm³/mol. The molecule has 2 rings (SSSR count). The standard InChI is InChI=1S/C9H16O2/c10-8-3-1-6-5-7(8)2-4-9(6)11/h6-11H,1-5H2/t6-,7-,8-,9+/m1/s1. The zero-order chi connectivity index (χ0) is 7.84. The van der Waals surface area contributed by atoms with E-state index in [-0.39, 0.29) is 12.2 Å². The van der Waals surface area contributed by atoms with E-state index < -0.39 is 0 Å². The second-order valence-corrected chi connectivity index (χ2v) is 4.05. The normalized spacial score (nSPS) is 50.7. The van der Waals surface area contributed by atoms with Crippen LogP contribution in [-0.2, 0) is 0 Å². The van der Waals surface area contributed by atoms with Gasteiger partial charge in [-0.15, -0.1) is 0 Å². The van der Waals surface area contributed by atoms with Gasteiger partial charge in [-0.1, -0.05) is 0 Å². The third kappa shape index (κ3) is 1.30. The summed E-state index contributed by atoms with van der Waals surface area (Å²) >= 11 is 0. The van der Waals surface area contributed by atoms with Gasteiger partial charge in [-0.3, -0.25) is 0 Å². The van der Waals surface area contributed by atoms with E-state index in [0.717, 1.165) is 32.1 Å². The van der Waals surface area contributed by atoms with Gasteiger partial charge in [0.2, 0.25) is 0 Å². The highest BCUT2D eigenvalue weighted by Gasteiger charge is 2.36. The summed E-state index contributed by atoms with van der Waals surface area (Å²) in [5.41, 5.74) is 0. The van der Waals surface area contributed by atoms with Crippen molar-refractivity contribution in [2.24, 2.45) is 11.8 Å². The Hall–Kier alpha value is -0.0800. The Kier molecular flexibility index (Phi) is 1.90. The highest BCUT2D eigenvalue weighted by atomic mass is 16.3. The fraction of sp³-hybridized carbons (Fsp3) is 1.00. The van der Waals surface area contributed by atoms with Gasteiger partial charge >= 0.3 is 0 Å². The first kappa shape index (κ1) is 7.56. The quantitative estimate of drug-likeness (QED) is 0.547. The lowest BCUT2D eigenvalue weighted by atomic mass is 9.69. The molecule has 2 bridgehead atoms. The van der Waals surface area contributed by atoms with Crippen LogP contribution in [0.25, 0.3) is 0 Å². The van der Waals surface area contributed by atoms with Crippen molar-refractivity contribution in [1.29, 1.82) is 0 Å². The van der Waals surface area contributed by atoms with Crippen molar-refractivity contribution < 1.29 is 10.2 Å². The predicted octanol–water partition coefficient (Wildman–Crippen LogP) is 0.918. The molecule has 2 heteroatoms. The lowest BCUT2D eigenvalue weighted by Crippen LogP contribution is -2.39. The average molecular weight is 156 g/mol. The van der Waals surface area contributed by atoms with Crippen LogP contribution in [0.5, 0.6) is 0 Å². The van der Waals surface area contributed by atoms with Crippen LogP contribution in [0.3, 0.4) is 0 Å². The Bertz CT molecular complexity index is 130. The SMILES string of the molecule is O[C@@H]1CC[C@@H]2C[C@H]1CC[C@@H]2O. The lowest BCUT2D eigenvalue weighted by Gasteiger charge is -2.40. The minimum Gasteiger partial charge on any atom is -0.393 e. The smallest absolute Gasteiger partial charge is 0.0568 e. The highest BCUT2D eigenvalue weighted by molar-refractivity contribution is 4.88. The molecule has 0 aromatic heterocycles. The summed E-state index contributed by atoms with van der Waals surface area (Å²) in [6, 6.07) is 0. The van der Waals surface area contributed by atoms with E-state index in [2.05, 4.69) is 0 Å². The second-order valence-electron chi connectivity index (χ2n) is 4.05. The van der Waals surface area contributed by atoms with E-state index in [1.165, 1.54) is 0 Å². The summed E-state index contributed by atoms with van der Waals surface area (Å²) in [4.78, 5) is 0. The van der Waals surface area contributed by atoms with Crippen LogP contribution in [0.15, 0.2) is 0 Å². The molecule has 0 spiro atoms. The zero-order valence-electron chi connectivity index (χ0n) is 6.74. The summed E-state index contributed by atoms with van der Waals surface area (Å²) in [7, 11) is 0. The largest absolute Gasteiger partial charge is 0.393 e. The Balaban J connectivity index is 2.02. The third-order valence-corrected chi connectivity index (χ3v) is 3.36. The third-order valence-electron chi connectivity index (χ3n) is 3.36. The van der Waals surface area contributed by atoms with Gasteiger partial charge in [0.15, 0.2) is 0 Å². The van der Waals surface area contributed by atoms with Gasteiger partial charge in [-0.2, -0.15) is 0 Å². The molecule has 0 amide bonds. The molecule has 2 aliphatic rings. The fourth-order valence-electron chi connectivity index (χ4n) is 2.56. The molecule has 4 atom stereocenters. The monoisotopic (exact) mass is 156 g/mol. The van der Waals surface area contributed by atoms with Crippen molar-refractivity contribution in [3.63, 3.8) is 0 Å². The van der Waals surface area contributed by atoms with E-state index >= 15 is 0 Å². The summed E-state index contributed by atoms with van der Waals surface area (Å²) in [6.45, 7) is 0. The van der Waals surface area contributed by atoms with Crippen LogP contribution in [0, 0.1) is 11.8 Å². The number of fused-ring (bicyclic) bond motifs is 2. The van der Waals surface area contributed by atoms with Gasteiger partial charge in [0.1, 0.15) is 0 Å². The molecule has 0 heterocycles. The molecular formula is C9H16O2. The van der Waals surface area contributed by atoms with Gasteiger partial charge in [-0.25, -0.2) is 0 Å². The highest BCUT2D eigenvalue weighted by Crippen LogP contribution is 2.39. The number of hydrogen-bond acceptors (Lipinski definition) is 2. The fourth-order valence-corrected chi connectivity index (χ4v) is 2.56. The first-order chi connectivity index (χ1) is 5.27. The van der Waals surface area contributed by atoms with E-state index in [1.54, 1.807) is 0 Å². The molecule has 64 valence electrons. The molecule has 0 aromatic rings. The Morgan fingerprint density at radius 1 is 0.727 bits per heavy atom. The van der Waals surface area contributed by atoms with E-state index in [0.29, 0.717) is 11.8 Å². The number of aliphatic hydroxyl groups is 2. The maximum Gasteiger partial charge on any atom is 0.0568 e. The molecule has 2 nitrogen and oxygen atoms in total. The van der Waals surface area contributed by atoms with E-state index in [1.807, 2.05) is 0 Å². The van der Waals surface area contributed by atoms with Crippen molar-refractivity contribution in [1.82, 2.24) is 0 Å². The molecular weight excluding hydrogens is 140 g/mol. The zero-order valence-corrected chi connectivity index (χ0v) is 6.74. The van der Waals surface area contributed by atoms with Crippen molar-refractivity contribution in [3.05, 3.63) is 0 Å². The average Bonchev–Trinajstić information content (AvgIpc) is 2.02. The van der Waals surface area contributed by atoms with Gasteiger partial charge in [0, 0.05) is 0 Å². The molecule has 2 saturated carbocycles. The molecule has 11 heavy (non-hydrogen) atoms. The first-order valence-corrected chi connectivity index (χ1v) is 4.63. The molecule has 0 aliphatic heterocycles. The molecule has 2 N–H and O–H groups in total. The molecule has 0 unspecified atom stereocenters. The topological polar surface area (TPSA) is 40.5 Å². The second kappa shape index (κ2) is 2.76. The van der Waals surface area contributed by atoms with Crippen LogP contribution >= 0.6 is 0 Å². The van der Waals surface area contributed by atoms with Gasteiger partial charge in [0.25, 0.3) is 0 Å². The first-order valence-electron chi connectivity index (χ1n) is 4.63. The van der Waals surface area contributed by atoms with Crippen molar-refractivity contribution in [3.8, 4) is 0 Å². The van der Waals surface area contributed by atoms with Crippen LogP contribution in [-0.4, -0.2) is 22.4 Å². The summed E-state index contributed by atoms with van der Waals surface area (Å²) < 4.78 is 0. The number of rotatable bonds is 0. The van der Waals surface area contributed by atoms with Crippen molar-refractivity contribution in [2.75, 3.05) is 0 Å². The maximum absolute atomic E-state index is 9.53. The summed E-state index contributed by atoms with van der Waals surface area (Å²) in [6.07, 6.45) is 4.79. The Morgan fingerprint density at radius 3 is 1.64 bits per heavy atom.